The van der Waals surface area contributed by atoms with E-state index in [1.54, 1.807) is 6.26 Å². The van der Waals surface area contributed by atoms with Crippen molar-refractivity contribution in [3.63, 3.8) is 0 Å². The molecular formula is C11H16N2O3. The molecule has 0 atom stereocenters. The number of nitrogens with one attached hydrogen (secondary N) is 1. The Morgan fingerprint density at radius 2 is 2.25 bits per heavy atom. The normalized spacial score (nSPS) is 17.9. The van der Waals surface area contributed by atoms with E-state index in [0.717, 1.165) is 18.5 Å². The van der Waals surface area contributed by atoms with Crippen molar-refractivity contribution in [3.8, 4) is 0 Å². The number of alkyl carbamates (subject to hydrolysis) is 1. The predicted octanol–water partition coefficient (Wildman–Crippen LogP) is 2.19. The van der Waals surface area contributed by atoms with E-state index in [2.05, 4.69) is 10.3 Å². The first-order chi connectivity index (χ1) is 7.41. The molecule has 1 aromatic rings. The van der Waals surface area contributed by atoms with Crippen LogP contribution in [-0.2, 0) is 10.3 Å². The minimum atomic E-state index is -0.482. The Hall–Kier alpha value is -1.52. The lowest BCUT2D eigenvalue weighted by atomic mass is 10.2. The number of hydrogen-bond donors (Lipinski definition) is 1. The smallest absolute Gasteiger partial charge is 0.408 e. The first-order valence-electron chi connectivity index (χ1n) is 5.31. The highest BCUT2D eigenvalue weighted by Gasteiger charge is 2.48. The lowest BCUT2D eigenvalue weighted by molar-refractivity contribution is 0.0494. The largest absolute Gasteiger partial charge is 0.451 e. The summed E-state index contributed by atoms with van der Waals surface area (Å²) in [5.74, 6) is 0. The fourth-order valence-electron chi connectivity index (χ4n) is 1.52. The number of hydrogen-bond acceptors (Lipinski definition) is 4. The number of oxazole rings is 1. The summed E-state index contributed by atoms with van der Waals surface area (Å²) in [5, 5.41) is 2.84. The van der Waals surface area contributed by atoms with E-state index in [9.17, 15) is 4.79 Å². The third-order valence-corrected chi connectivity index (χ3v) is 2.41. The first-order valence-corrected chi connectivity index (χ1v) is 5.31. The van der Waals surface area contributed by atoms with Gasteiger partial charge in [0.15, 0.2) is 6.39 Å². The molecular weight excluding hydrogens is 208 g/mol. The zero-order valence-electron chi connectivity index (χ0n) is 9.74. The molecule has 1 aliphatic carbocycles. The molecule has 1 aliphatic rings. The molecule has 88 valence electrons. The Morgan fingerprint density at radius 3 is 2.69 bits per heavy atom. The second-order valence-electron chi connectivity index (χ2n) is 5.08. The van der Waals surface area contributed by atoms with Gasteiger partial charge in [-0.15, -0.1) is 0 Å². The average Bonchev–Trinajstić information content (AvgIpc) is 2.71. The first kappa shape index (κ1) is 11.0. The van der Waals surface area contributed by atoms with Gasteiger partial charge in [0.25, 0.3) is 0 Å². The van der Waals surface area contributed by atoms with E-state index in [1.165, 1.54) is 6.39 Å². The molecule has 1 aromatic heterocycles. The summed E-state index contributed by atoms with van der Waals surface area (Å²) >= 11 is 0. The van der Waals surface area contributed by atoms with Gasteiger partial charge in [-0.2, -0.15) is 0 Å². The zero-order valence-corrected chi connectivity index (χ0v) is 9.74. The SMILES string of the molecule is CC(C)(C)OC(=O)NC1(c2cocn2)CC1. The molecule has 0 bridgehead atoms. The minimum Gasteiger partial charge on any atom is -0.451 e. The molecule has 0 aliphatic heterocycles. The summed E-state index contributed by atoms with van der Waals surface area (Å²) in [6.07, 6.45) is 4.27. The van der Waals surface area contributed by atoms with Gasteiger partial charge in [0.05, 0.1) is 5.54 Å². The van der Waals surface area contributed by atoms with Crippen LogP contribution >= 0.6 is 0 Å². The number of carbonyl (C=O) groups excluding carboxylic acids is 1. The van der Waals surface area contributed by atoms with Crippen molar-refractivity contribution in [1.29, 1.82) is 0 Å². The van der Waals surface area contributed by atoms with E-state index in [0.29, 0.717) is 0 Å². The maximum Gasteiger partial charge on any atom is 0.408 e. The van der Waals surface area contributed by atoms with Crippen LogP contribution in [0.2, 0.25) is 0 Å². The van der Waals surface area contributed by atoms with Crippen LogP contribution in [0.15, 0.2) is 17.1 Å². The van der Waals surface area contributed by atoms with Crippen molar-refractivity contribution in [2.75, 3.05) is 0 Å². The monoisotopic (exact) mass is 224 g/mol. The topological polar surface area (TPSA) is 64.4 Å². The predicted molar refractivity (Wildman–Crippen MR) is 56.8 cm³/mol. The average molecular weight is 224 g/mol. The lowest BCUT2D eigenvalue weighted by Gasteiger charge is -2.22. The van der Waals surface area contributed by atoms with Crippen LogP contribution in [0.5, 0.6) is 0 Å². The van der Waals surface area contributed by atoms with Crippen molar-refractivity contribution in [2.45, 2.75) is 44.8 Å². The van der Waals surface area contributed by atoms with Gasteiger partial charge in [0.1, 0.15) is 17.6 Å². The number of nitrogens with zero attached hydrogens (tertiary/aromatic N) is 1. The molecule has 0 aromatic carbocycles. The van der Waals surface area contributed by atoms with Crippen LogP contribution in [0.3, 0.4) is 0 Å². The minimum absolute atomic E-state index is 0.366. The van der Waals surface area contributed by atoms with E-state index < -0.39 is 11.7 Å². The number of carbonyl (C=O) groups is 1. The van der Waals surface area contributed by atoms with E-state index in [4.69, 9.17) is 9.15 Å². The third kappa shape index (κ3) is 2.35. The number of rotatable bonds is 2. The number of ether oxygens (including phenoxy) is 1. The Balaban J connectivity index is 1.98. The standard InChI is InChI=1S/C11H16N2O3/c1-10(2,3)16-9(14)13-11(4-5-11)8-6-15-7-12-8/h6-7H,4-5H2,1-3H3,(H,13,14). The van der Waals surface area contributed by atoms with Crippen LogP contribution in [0, 0.1) is 0 Å². The van der Waals surface area contributed by atoms with Crippen LogP contribution in [-0.4, -0.2) is 16.7 Å². The van der Waals surface area contributed by atoms with Crippen LogP contribution in [0.4, 0.5) is 4.79 Å². The van der Waals surface area contributed by atoms with Crippen molar-refractivity contribution in [3.05, 3.63) is 18.4 Å². The van der Waals surface area contributed by atoms with Crippen molar-refractivity contribution in [1.82, 2.24) is 10.3 Å². The highest BCUT2D eigenvalue weighted by molar-refractivity contribution is 5.69. The quantitative estimate of drug-likeness (QED) is 0.836. The van der Waals surface area contributed by atoms with Gasteiger partial charge in [0.2, 0.25) is 0 Å². The molecule has 0 saturated heterocycles. The zero-order chi connectivity index (χ0) is 11.8. The van der Waals surface area contributed by atoms with Gasteiger partial charge < -0.3 is 14.5 Å². The van der Waals surface area contributed by atoms with Gasteiger partial charge >= 0.3 is 6.09 Å². The summed E-state index contributed by atoms with van der Waals surface area (Å²) < 4.78 is 10.1. The molecule has 5 nitrogen and oxygen atoms in total. The Bertz CT molecular complexity index is 374. The van der Waals surface area contributed by atoms with Gasteiger partial charge in [-0.1, -0.05) is 0 Å². The second kappa shape index (κ2) is 3.50. The van der Waals surface area contributed by atoms with E-state index >= 15 is 0 Å². The van der Waals surface area contributed by atoms with Crippen molar-refractivity contribution < 1.29 is 13.9 Å². The van der Waals surface area contributed by atoms with E-state index in [-0.39, 0.29) is 5.54 Å². The fraction of sp³-hybridized carbons (Fsp3) is 0.636. The molecule has 2 rings (SSSR count). The van der Waals surface area contributed by atoms with Crippen LogP contribution < -0.4 is 5.32 Å². The van der Waals surface area contributed by atoms with Crippen molar-refractivity contribution in [2.24, 2.45) is 0 Å². The third-order valence-electron chi connectivity index (χ3n) is 2.41. The van der Waals surface area contributed by atoms with Gasteiger partial charge in [-0.25, -0.2) is 9.78 Å². The molecule has 16 heavy (non-hydrogen) atoms. The molecule has 1 saturated carbocycles. The number of amides is 1. The molecule has 0 unspecified atom stereocenters. The van der Waals surface area contributed by atoms with Gasteiger partial charge in [-0.3, -0.25) is 0 Å². The van der Waals surface area contributed by atoms with Gasteiger partial charge in [0, 0.05) is 0 Å². The lowest BCUT2D eigenvalue weighted by Crippen LogP contribution is -2.39. The highest BCUT2D eigenvalue weighted by Crippen LogP contribution is 2.44. The van der Waals surface area contributed by atoms with Crippen LogP contribution in [0.25, 0.3) is 0 Å². The molecule has 1 heterocycles. The van der Waals surface area contributed by atoms with Crippen molar-refractivity contribution >= 4 is 6.09 Å². The number of aromatic nitrogens is 1. The van der Waals surface area contributed by atoms with Gasteiger partial charge in [-0.05, 0) is 33.6 Å². The molecule has 1 fully saturated rings. The summed E-state index contributed by atoms with van der Waals surface area (Å²) in [6, 6.07) is 0. The molecule has 0 spiro atoms. The molecule has 5 heteroatoms. The van der Waals surface area contributed by atoms with E-state index in [1.807, 2.05) is 20.8 Å². The second-order valence-corrected chi connectivity index (χ2v) is 5.08. The maximum atomic E-state index is 11.6. The fourth-order valence-corrected chi connectivity index (χ4v) is 1.52. The summed E-state index contributed by atoms with van der Waals surface area (Å²) in [5.41, 5.74) is -0.0855. The molecule has 1 N–H and O–H groups in total. The highest BCUT2D eigenvalue weighted by atomic mass is 16.6. The maximum absolute atomic E-state index is 11.6. The molecule has 0 radical (unpaired) electrons. The van der Waals surface area contributed by atoms with Crippen LogP contribution in [0.1, 0.15) is 39.3 Å². The summed E-state index contributed by atoms with van der Waals surface area (Å²) in [4.78, 5) is 15.7. The summed E-state index contributed by atoms with van der Waals surface area (Å²) in [6.45, 7) is 5.51. The Morgan fingerprint density at radius 1 is 1.56 bits per heavy atom. The molecule has 1 amide bonds. The Kier molecular flexibility index (Phi) is 2.40. The Labute approximate surface area is 94.2 Å². The summed E-state index contributed by atoms with van der Waals surface area (Å²) in [7, 11) is 0.